The van der Waals surface area contributed by atoms with Crippen molar-refractivity contribution in [1.82, 2.24) is 0 Å². The Balaban J connectivity index is -0.00000312. The van der Waals surface area contributed by atoms with Gasteiger partial charge in [0.05, 0.1) is 19.8 Å². The van der Waals surface area contributed by atoms with Gasteiger partial charge in [0, 0.05) is 13.5 Å². The fourth-order valence-corrected chi connectivity index (χ4v) is 1.40. The second-order valence-corrected chi connectivity index (χ2v) is 4.85. The Labute approximate surface area is 152 Å². The first kappa shape index (κ1) is 31.7. The monoisotopic (exact) mass is 454 g/mol. The zero-order chi connectivity index (χ0) is 21.2. The van der Waals surface area contributed by atoms with E-state index in [1.807, 2.05) is 0 Å². The summed E-state index contributed by atoms with van der Waals surface area (Å²) in [6.45, 7) is -2.19. The van der Waals surface area contributed by atoms with E-state index in [0.717, 1.165) is 7.11 Å². The molecule has 0 aromatic rings. The van der Waals surface area contributed by atoms with Crippen LogP contribution in [0.15, 0.2) is 0 Å². The van der Waals surface area contributed by atoms with Crippen molar-refractivity contribution in [2.45, 2.75) is 57.1 Å². The van der Waals surface area contributed by atoms with Crippen molar-refractivity contribution >= 4 is 0 Å². The van der Waals surface area contributed by atoms with Gasteiger partial charge in [-0.1, -0.05) is 14.9 Å². The maximum atomic E-state index is 13.2. The summed E-state index contributed by atoms with van der Waals surface area (Å²) >= 11 is 0. The van der Waals surface area contributed by atoms with E-state index in [4.69, 9.17) is 0 Å². The highest BCUT2D eigenvalue weighted by atomic mass is 19.4. The fourth-order valence-electron chi connectivity index (χ4n) is 1.40. The first-order valence-electron chi connectivity index (χ1n) is 6.33. The quantitative estimate of drug-likeness (QED) is 0.296. The van der Waals surface area contributed by atoms with Gasteiger partial charge in [0.1, 0.15) is 0 Å². The molecule has 0 atom stereocenters. The van der Waals surface area contributed by atoms with E-state index in [0.29, 0.717) is 0 Å². The van der Waals surface area contributed by atoms with E-state index >= 15 is 0 Å². The van der Waals surface area contributed by atoms with Crippen molar-refractivity contribution in [1.29, 1.82) is 0 Å². The van der Waals surface area contributed by atoms with Crippen LogP contribution in [0.4, 0.5) is 57.1 Å². The van der Waals surface area contributed by atoms with Crippen LogP contribution in [0.5, 0.6) is 0 Å². The molecular weight excluding hydrogens is 435 g/mol. The lowest BCUT2D eigenvalue weighted by molar-refractivity contribution is -0.440. The molecule has 0 N–H and O–H groups in total. The highest BCUT2D eigenvalue weighted by Crippen LogP contribution is 2.60. The smallest absolute Gasteiger partial charge is 0.382 e. The molecule has 0 aliphatic heterocycles. The molecule has 0 spiro atoms. The molecule has 0 aliphatic carbocycles. The van der Waals surface area contributed by atoms with Crippen molar-refractivity contribution in [3.05, 3.63) is 0 Å². The Morgan fingerprint density at radius 2 is 0.929 bits per heavy atom. The van der Waals surface area contributed by atoms with Crippen molar-refractivity contribution in [2.24, 2.45) is 0 Å². The average Bonchev–Trinajstić information content (AvgIpc) is 2.44. The van der Waals surface area contributed by atoms with Crippen LogP contribution in [0.2, 0.25) is 0 Å². The molecule has 15 heteroatoms. The lowest BCUT2D eigenvalue weighted by atomic mass is 9.93. The molecule has 0 bridgehead atoms. The number of methoxy groups -OCH3 is 1. The van der Waals surface area contributed by atoms with Gasteiger partial charge in [-0.3, -0.25) is 0 Å². The van der Waals surface area contributed by atoms with E-state index in [2.05, 4.69) is 9.47 Å². The Morgan fingerprint density at radius 3 is 1.29 bits per heavy atom. The lowest BCUT2D eigenvalue weighted by Gasteiger charge is -2.39. The van der Waals surface area contributed by atoms with E-state index < -0.39 is 55.4 Å². The first-order valence-corrected chi connectivity index (χ1v) is 6.33. The topological polar surface area (TPSA) is 18.5 Å². The summed E-state index contributed by atoms with van der Waals surface area (Å²) in [5.41, 5.74) is 0. The molecular formula is C13H19F13O2. The van der Waals surface area contributed by atoms with Crippen LogP contribution in [0.3, 0.4) is 0 Å². The maximum absolute atomic E-state index is 13.2. The van der Waals surface area contributed by atoms with Crippen molar-refractivity contribution in [3.63, 3.8) is 0 Å². The summed E-state index contributed by atoms with van der Waals surface area (Å²) in [5.74, 6) is -36.7. The molecule has 0 unspecified atom stereocenters. The predicted octanol–water partition coefficient (Wildman–Crippen LogP) is 6.05. The molecule has 2 nitrogen and oxygen atoms in total. The third kappa shape index (κ3) is 5.33. The second-order valence-electron chi connectivity index (χ2n) is 4.85. The third-order valence-electron chi connectivity index (χ3n) is 2.99. The number of hydrogen-bond donors (Lipinski definition) is 0. The first-order chi connectivity index (χ1) is 11.3. The minimum absolute atomic E-state index is 0. The average molecular weight is 454 g/mol. The molecule has 0 heterocycles. The van der Waals surface area contributed by atoms with Crippen LogP contribution in [0.1, 0.15) is 21.3 Å². The highest BCUT2D eigenvalue weighted by Gasteiger charge is 2.90. The minimum atomic E-state index is -7.87. The van der Waals surface area contributed by atoms with Gasteiger partial charge < -0.3 is 9.47 Å². The van der Waals surface area contributed by atoms with Crippen molar-refractivity contribution in [2.75, 3.05) is 26.9 Å². The van der Waals surface area contributed by atoms with Crippen LogP contribution in [0.25, 0.3) is 0 Å². The number of halogens is 13. The molecule has 0 aliphatic rings. The van der Waals surface area contributed by atoms with Gasteiger partial charge in [0.25, 0.3) is 0 Å². The third-order valence-corrected chi connectivity index (χ3v) is 2.99. The van der Waals surface area contributed by atoms with Gasteiger partial charge in [0.2, 0.25) is 0 Å². The van der Waals surface area contributed by atoms with Gasteiger partial charge in [-0.05, 0) is 0 Å². The zero-order valence-corrected chi connectivity index (χ0v) is 12.6. The van der Waals surface area contributed by atoms with Gasteiger partial charge in [-0.2, -0.15) is 57.1 Å². The fraction of sp³-hybridized carbons (Fsp3) is 1.00. The van der Waals surface area contributed by atoms with Crippen LogP contribution in [-0.4, -0.2) is 62.7 Å². The van der Waals surface area contributed by atoms with E-state index in [1.165, 1.54) is 0 Å². The Kier molecular flexibility index (Phi) is 11.0. The zero-order valence-electron chi connectivity index (χ0n) is 12.6. The van der Waals surface area contributed by atoms with Crippen molar-refractivity contribution < 1.29 is 66.5 Å². The Hall–Kier alpha value is -0.990. The van der Waals surface area contributed by atoms with E-state index in [-0.39, 0.29) is 21.5 Å². The van der Waals surface area contributed by atoms with Crippen LogP contribution in [0, 0.1) is 0 Å². The lowest BCUT2D eigenvalue weighted by Crippen LogP contribution is -2.70. The van der Waals surface area contributed by atoms with Gasteiger partial charge in [0.15, 0.2) is 0 Å². The number of hydrogen-bond acceptors (Lipinski definition) is 2. The highest BCUT2D eigenvalue weighted by molar-refractivity contribution is 5.10. The van der Waals surface area contributed by atoms with Gasteiger partial charge in [-0.15, -0.1) is 0 Å². The SMILES string of the molecule is C.C.COCCOCCC(F)(F)C(F)(F)C(F)(F)C(F)(F)C(F)(F)C(F)(F)F. The number of rotatable bonds is 10. The molecule has 0 aromatic carbocycles. The standard InChI is InChI=1S/C11H11F13O2.2CH4/c1-25-4-5-26-3-2-6(12,13)7(14,15)8(16,17)9(18,19)10(20,21)11(22,23)24;;/h2-5H2,1H3;2*1H4. The Morgan fingerprint density at radius 1 is 0.536 bits per heavy atom. The largest absolute Gasteiger partial charge is 0.460 e. The van der Waals surface area contributed by atoms with E-state index in [9.17, 15) is 57.1 Å². The molecule has 0 saturated carbocycles. The van der Waals surface area contributed by atoms with E-state index in [1.54, 1.807) is 0 Å². The molecule has 0 saturated heterocycles. The van der Waals surface area contributed by atoms with Gasteiger partial charge >= 0.3 is 35.8 Å². The summed E-state index contributed by atoms with van der Waals surface area (Å²) in [7, 11) is 1.11. The molecule has 0 aromatic heterocycles. The second kappa shape index (κ2) is 9.67. The summed E-state index contributed by atoms with van der Waals surface area (Å²) in [4.78, 5) is 0. The molecule has 0 amide bonds. The number of alkyl halides is 13. The molecule has 0 radical (unpaired) electrons. The Bertz CT molecular complexity index is 460. The van der Waals surface area contributed by atoms with Crippen LogP contribution in [-0.2, 0) is 9.47 Å². The summed E-state index contributed by atoms with van der Waals surface area (Å²) in [6.07, 6.45) is -9.78. The normalized spacial score (nSPS) is 14.4. The summed E-state index contributed by atoms with van der Waals surface area (Å²) < 4.78 is 174. The molecule has 0 fully saturated rings. The predicted molar refractivity (Wildman–Crippen MR) is 71.6 cm³/mol. The molecule has 28 heavy (non-hydrogen) atoms. The molecule has 0 rings (SSSR count). The van der Waals surface area contributed by atoms with Crippen LogP contribution < -0.4 is 0 Å². The van der Waals surface area contributed by atoms with Crippen LogP contribution >= 0.6 is 0 Å². The molecule has 174 valence electrons. The summed E-state index contributed by atoms with van der Waals surface area (Å²) in [6, 6.07) is 0. The summed E-state index contributed by atoms with van der Waals surface area (Å²) in [5, 5.41) is 0. The minimum Gasteiger partial charge on any atom is -0.382 e. The van der Waals surface area contributed by atoms with Gasteiger partial charge in [-0.25, -0.2) is 0 Å². The number of ether oxygens (including phenoxy) is 2. The maximum Gasteiger partial charge on any atom is 0.460 e. The van der Waals surface area contributed by atoms with Crippen molar-refractivity contribution in [3.8, 4) is 0 Å².